The molecule has 2 aromatic carbocycles. The van der Waals surface area contributed by atoms with Crippen LogP contribution in [0.15, 0.2) is 42.5 Å². The lowest BCUT2D eigenvalue weighted by Gasteiger charge is -2.29. The number of hydrogen-bond acceptors (Lipinski definition) is 6. The summed E-state index contributed by atoms with van der Waals surface area (Å²) >= 11 is 0. The number of fused-ring (bicyclic) bond motifs is 1. The fourth-order valence-corrected chi connectivity index (χ4v) is 4.48. The number of nitrogens with one attached hydrogen (secondary N) is 1. The number of aliphatic hydroxyl groups is 1. The fourth-order valence-electron chi connectivity index (χ4n) is 2.76. The summed E-state index contributed by atoms with van der Waals surface area (Å²) in [6.45, 7) is 5.34. The van der Waals surface area contributed by atoms with Crippen LogP contribution in [0.25, 0.3) is 10.8 Å². The van der Waals surface area contributed by atoms with Gasteiger partial charge in [-0.25, -0.2) is 4.79 Å². The van der Waals surface area contributed by atoms with Crippen LogP contribution in [0.3, 0.4) is 0 Å². The lowest BCUT2D eigenvalue weighted by Crippen LogP contribution is -2.37. The van der Waals surface area contributed by atoms with Crippen molar-refractivity contribution in [3.63, 3.8) is 0 Å². The van der Waals surface area contributed by atoms with Crippen molar-refractivity contribution in [1.29, 1.82) is 0 Å². The van der Waals surface area contributed by atoms with E-state index in [1.54, 1.807) is 26.8 Å². The number of rotatable bonds is 9. The molecular weight excluding hydrogens is 369 g/mol. The second-order valence-corrected chi connectivity index (χ2v) is 7.86. The first-order valence-corrected chi connectivity index (χ1v) is 10.5. The van der Waals surface area contributed by atoms with Gasteiger partial charge in [0.2, 0.25) is 0 Å². The molecule has 0 saturated heterocycles. The van der Waals surface area contributed by atoms with E-state index in [0.29, 0.717) is 5.56 Å². The van der Waals surface area contributed by atoms with E-state index in [4.69, 9.17) is 13.8 Å². The van der Waals surface area contributed by atoms with Gasteiger partial charge in [0.25, 0.3) is 0 Å². The Morgan fingerprint density at radius 1 is 1.04 bits per heavy atom. The lowest BCUT2D eigenvalue weighted by atomic mass is 10.0. The summed E-state index contributed by atoms with van der Waals surface area (Å²) in [5.41, 5.74) is 0.564. The predicted octanol–water partition coefficient (Wildman–Crippen LogP) is 4.21. The van der Waals surface area contributed by atoms with Crippen molar-refractivity contribution in [3.05, 3.63) is 48.0 Å². The van der Waals surface area contributed by atoms with Crippen LogP contribution in [-0.4, -0.2) is 36.9 Å². The molecule has 148 valence electrons. The average Bonchev–Trinajstić information content (AvgIpc) is 2.66. The van der Waals surface area contributed by atoms with Crippen molar-refractivity contribution in [2.75, 3.05) is 19.8 Å². The maximum atomic E-state index is 13.0. The molecule has 2 rings (SSSR count). The highest BCUT2D eigenvalue weighted by atomic mass is 31.2. The second kappa shape index (κ2) is 9.85. The van der Waals surface area contributed by atoms with E-state index in [9.17, 15) is 14.5 Å². The first-order valence-electron chi connectivity index (χ1n) is 8.94. The first kappa shape index (κ1) is 21.4. The van der Waals surface area contributed by atoms with Gasteiger partial charge in [0.05, 0.1) is 25.9 Å². The van der Waals surface area contributed by atoms with E-state index in [1.165, 1.54) is 0 Å². The summed E-state index contributed by atoms with van der Waals surface area (Å²) in [6, 6.07) is 12.1. The lowest BCUT2D eigenvalue weighted by molar-refractivity contribution is 0.111. The monoisotopic (exact) mass is 395 g/mol. The molecule has 7 nitrogen and oxygen atoms in total. The molecule has 0 aromatic heterocycles. The van der Waals surface area contributed by atoms with Gasteiger partial charge in [-0.05, 0) is 43.2 Å². The van der Waals surface area contributed by atoms with Crippen LogP contribution >= 0.6 is 7.60 Å². The first-order chi connectivity index (χ1) is 12.9. The number of benzene rings is 2. The minimum Gasteiger partial charge on any atom is -0.450 e. The van der Waals surface area contributed by atoms with Crippen molar-refractivity contribution in [2.24, 2.45) is 0 Å². The summed E-state index contributed by atoms with van der Waals surface area (Å²) in [6.07, 6.45) is -0.728. The van der Waals surface area contributed by atoms with Crippen molar-refractivity contribution in [1.82, 2.24) is 5.32 Å². The maximum absolute atomic E-state index is 13.0. The van der Waals surface area contributed by atoms with Crippen molar-refractivity contribution in [3.8, 4) is 0 Å². The minimum absolute atomic E-state index is 0.0954. The minimum atomic E-state index is -3.88. The van der Waals surface area contributed by atoms with E-state index >= 15 is 0 Å². The van der Waals surface area contributed by atoms with Crippen molar-refractivity contribution < 1.29 is 28.3 Å². The number of alkyl carbamates (subject to hydrolysis) is 1. The Morgan fingerprint density at radius 2 is 1.67 bits per heavy atom. The van der Waals surface area contributed by atoms with E-state index < -0.39 is 25.6 Å². The fraction of sp³-hybridized carbons (Fsp3) is 0.421. The third-order valence-electron chi connectivity index (χ3n) is 3.92. The van der Waals surface area contributed by atoms with Crippen molar-refractivity contribution >= 4 is 24.5 Å². The number of carbonyl (C=O) groups is 1. The summed E-state index contributed by atoms with van der Waals surface area (Å²) in [7, 11) is -3.88. The average molecular weight is 395 g/mol. The zero-order valence-electron chi connectivity index (χ0n) is 15.8. The zero-order chi connectivity index (χ0) is 19.9. The van der Waals surface area contributed by atoms with Gasteiger partial charge in [-0.3, -0.25) is 4.57 Å². The number of hydrogen-bond donors (Lipinski definition) is 2. The number of amides is 1. The van der Waals surface area contributed by atoms with Crippen molar-refractivity contribution in [2.45, 2.75) is 32.7 Å². The Kier molecular flexibility index (Phi) is 7.80. The van der Waals surface area contributed by atoms with Crippen LogP contribution in [0.5, 0.6) is 0 Å². The Hall–Kier alpha value is -1.92. The van der Waals surface area contributed by atoms with Crippen LogP contribution in [0.1, 0.15) is 32.4 Å². The van der Waals surface area contributed by atoms with Crippen LogP contribution in [0, 0.1) is 0 Å². The number of ether oxygens (including phenoxy) is 1. The number of aliphatic hydroxyl groups excluding tert-OH is 1. The molecule has 8 heteroatoms. The molecule has 0 unspecified atom stereocenters. The topological polar surface area (TPSA) is 94.1 Å². The molecular formula is C19H26NO6P. The molecule has 0 radical (unpaired) electrons. The summed E-state index contributed by atoms with van der Waals surface area (Å²) in [5, 5.41) is 15.3. The molecule has 0 fully saturated rings. The molecule has 2 aromatic rings. The Bertz CT molecular complexity index is 802. The van der Waals surface area contributed by atoms with Gasteiger partial charge in [-0.2, -0.15) is 0 Å². The second-order valence-electron chi connectivity index (χ2n) is 5.74. The SMILES string of the molecule is CCOC(=O)N[C@@H](c1ccc2ccccc2c1)[C@@H](O)P(=O)(OCC)OCC. The third kappa shape index (κ3) is 5.30. The van der Waals surface area contributed by atoms with Gasteiger partial charge in [0.1, 0.15) is 0 Å². The van der Waals surface area contributed by atoms with E-state index in [-0.39, 0.29) is 19.8 Å². The van der Waals surface area contributed by atoms with Gasteiger partial charge >= 0.3 is 13.7 Å². The Labute approximate surface area is 159 Å². The highest BCUT2D eigenvalue weighted by Gasteiger charge is 2.41. The third-order valence-corrected chi connectivity index (χ3v) is 6.10. The Balaban J connectivity index is 2.45. The molecule has 2 N–H and O–H groups in total. The number of carbonyl (C=O) groups excluding carboxylic acids is 1. The van der Waals surface area contributed by atoms with Crippen LogP contribution in [-0.2, 0) is 18.3 Å². The van der Waals surface area contributed by atoms with Crippen LogP contribution in [0.2, 0.25) is 0 Å². The van der Waals surface area contributed by atoms with E-state index in [2.05, 4.69) is 5.32 Å². The molecule has 0 spiro atoms. The molecule has 0 aliphatic rings. The quantitative estimate of drug-likeness (QED) is 0.618. The van der Waals surface area contributed by atoms with Crippen LogP contribution < -0.4 is 5.32 Å². The Morgan fingerprint density at radius 3 is 2.26 bits per heavy atom. The largest absolute Gasteiger partial charge is 0.450 e. The maximum Gasteiger partial charge on any atom is 0.407 e. The summed E-state index contributed by atoms with van der Waals surface area (Å²) < 4.78 is 28.5. The standard InChI is InChI=1S/C19H26NO6P/c1-4-24-19(22)20-17(18(21)27(23,25-5-2)26-6-3)16-12-11-14-9-7-8-10-15(14)13-16/h7-13,17-18,21H,4-6H2,1-3H3,(H,20,22)/t17-,18-/m0/s1. The highest BCUT2D eigenvalue weighted by Crippen LogP contribution is 2.55. The van der Waals surface area contributed by atoms with Gasteiger partial charge in [0.15, 0.2) is 5.85 Å². The van der Waals surface area contributed by atoms with E-state index in [1.807, 2.05) is 36.4 Å². The van der Waals surface area contributed by atoms with Gasteiger partial charge in [0, 0.05) is 0 Å². The van der Waals surface area contributed by atoms with Crippen LogP contribution in [0.4, 0.5) is 4.79 Å². The molecule has 0 saturated carbocycles. The molecule has 27 heavy (non-hydrogen) atoms. The molecule has 0 bridgehead atoms. The molecule has 0 aliphatic carbocycles. The normalized spacial score (nSPS) is 13.9. The predicted molar refractivity (Wildman–Crippen MR) is 104 cm³/mol. The smallest absolute Gasteiger partial charge is 0.407 e. The van der Waals surface area contributed by atoms with Gasteiger partial charge in [-0.15, -0.1) is 0 Å². The molecule has 2 atom stereocenters. The zero-order valence-corrected chi connectivity index (χ0v) is 16.6. The van der Waals surface area contributed by atoms with Gasteiger partial charge < -0.3 is 24.2 Å². The van der Waals surface area contributed by atoms with Gasteiger partial charge in [-0.1, -0.05) is 36.4 Å². The highest BCUT2D eigenvalue weighted by molar-refractivity contribution is 7.54. The summed E-state index contributed by atoms with van der Waals surface area (Å²) in [5.74, 6) is -1.59. The molecule has 1 amide bonds. The van der Waals surface area contributed by atoms with E-state index in [0.717, 1.165) is 10.8 Å². The molecule has 0 aliphatic heterocycles. The summed E-state index contributed by atoms with van der Waals surface area (Å²) in [4.78, 5) is 12.0. The molecule has 0 heterocycles.